The van der Waals surface area contributed by atoms with Crippen LogP contribution in [0.4, 0.5) is 5.69 Å². The minimum atomic E-state index is -0.252. The molecule has 6 nitrogen and oxygen atoms in total. The van der Waals surface area contributed by atoms with E-state index in [9.17, 15) is 9.59 Å². The van der Waals surface area contributed by atoms with Crippen molar-refractivity contribution in [3.8, 4) is 0 Å². The lowest BCUT2D eigenvalue weighted by atomic mass is 10.1. The van der Waals surface area contributed by atoms with E-state index in [-0.39, 0.29) is 17.9 Å². The highest BCUT2D eigenvalue weighted by Gasteiger charge is 2.30. The lowest BCUT2D eigenvalue weighted by Crippen LogP contribution is -2.52. The van der Waals surface area contributed by atoms with Crippen molar-refractivity contribution in [1.29, 1.82) is 0 Å². The number of benzene rings is 1. The quantitative estimate of drug-likeness (QED) is 0.892. The van der Waals surface area contributed by atoms with Gasteiger partial charge in [-0.05, 0) is 44.7 Å². The van der Waals surface area contributed by atoms with Crippen molar-refractivity contribution in [2.75, 3.05) is 44.6 Å². The molecule has 26 heavy (non-hydrogen) atoms. The number of hydrogen-bond acceptors (Lipinski definition) is 4. The van der Waals surface area contributed by atoms with E-state index in [1.807, 2.05) is 18.7 Å². The average Bonchev–Trinajstić information content (AvgIpc) is 3.13. The Hall–Kier alpha value is -1.92. The SMILES string of the molecule is Cc1cc(C)c(NC(=O)CN2CCN(C(=O)[C@H]3CCCO3)CC2)c(C)c1. The molecule has 2 fully saturated rings. The summed E-state index contributed by atoms with van der Waals surface area (Å²) in [6.07, 6.45) is 1.54. The van der Waals surface area contributed by atoms with Crippen molar-refractivity contribution in [2.24, 2.45) is 0 Å². The number of aryl methyl sites for hydroxylation is 3. The maximum atomic E-state index is 12.4. The first-order chi connectivity index (χ1) is 12.4. The number of nitrogens with one attached hydrogen (secondary N) is 1. The summed E-state index contributed by atoms with van der Waals surface area (Å²) in [6, 6.07) is 4.16. The number of piperazine rings is 1. The van der Waals surface area contributed by atoms with E-state index in [2.05, 4.69) is 29.3 Å². The molecule has 142 valence electrons. The third-order valence-electron chi connectivity index (χ3n) is 5.20. The third-order valence-corrected chi connectivity index (χ3v) is 5.20. The molecule has 2 aliphatic heterocycles. The lowest BCUT2D eigenvalue weighted by molar-refractivity contribution is -0.142. The summed E-state index contributed by atoms with van der Waals surface area (Å²) in [5.74, 6) is 0.108. The Morgan fingerprint density at radius 2 is 1.77 bits per heavy atom. The Bertz CT molecular complexity index is 652. The maximum Gasteiger partial charge on any atom is 0.251 e. The first kappa shape index (κ1) is 18.9. The van der Waals surface area contributed by atoms with Crippen molar-refractivity contribution in [2.45, 2.75) is 39.7 Å². The Morgan fingerprint density at radius 3 is 2.35 bits per heavy atom. The van der Waals surface area contributed by atoms with Crippen molar-refractivity contribution in [1.82, 2.24) is 9.80 Å². The van der Waals surface area contributed by atoms with Gasteiger partial charge in [0.15, 0.2) is 0 Å². The van der Waals surface area contributed by atoms with Crippen LogP contribution in [0, 0.1) is 20.8 Å². The van der Waals surface area contributed by atoms with Gasteiger partial charge in [-0.3, -0.25) is 14.5 Å². The zero-order chi connectivity index (χ0) is 18.7. The molecule has 2 aliphatic rings. The van der Waals surface area contributed by atoms with Crippen LogP contribution in [-0.4, -0.2) is 67.0 Å². The highest BCUT2D eigenvalue weighted by molar-refractivity contribution is 5.93. The molecule has 1 aromatic carbocycles. The van der Waals surface area contributed by atoms with Crippen LogP contribution in [-0.2, 0) is 14.3 Å². The molecule has 0 saturated carbocycles. The minimum absolute atomic E-state index is 0.000967. The summed E-state index contributed by atoms with van der Waals surface area (Å²) < 4.78 is 5.49. The number of nitrogens with zero attached hydrogens (tertiary/aromatic N) is 2. The summed E-state index contributed by atoms with van der Waals surface area (Å²) in [5.41, 5.74) is 4.28. The van der Waals surface area contributed by atoms with E-state index in [1.54, 1.807) is 0 Å². The van der Waals surface area contributed by atoms with Crippen molar-refractivity contribution in [3.63, 3.8) is 0 Å². The first-order valence-corrected chi connectivity index (χ1v) is 9.44. The fraction of sp³-hybridized carbons (Fsp3) is 0.600. The van der Waals surface area contributed by atoms with Gasteiger partial charge in [-0.1, -0.05) is 17.7 Å². The number of rotatable bonds is 4. The van der Waals surface area contributed by atoms with Gasteiger partial charge >= 0.3 is 0 Å². The van der Waals surface area contributed by atoms with E-state index in [1.165, 1.54) is 5.56 Å². The second-order valence-corrected chi connectivity index (χ2v) is 7.42. The van der Waals surface area contributed by atoms with Gasteiger partial charge in [-0.2, -0.15) is 0 Å². The Kier molecular flexibility index (Phi) is 5.94. The normalized spacial score (nSPS) is 21.0. The zero-order valence-electron chi connectivity index (χ0n) is 16.0. The van der Waals surface area contributed by atoms with E-state index >= 15 is 0 Å². The molecule has 0 unspecified atom stereocenters. The average molecular weight is 359 g/mol. The molecule has 3 rings (SSSR count). The number of carbonyl (C=O) groups excluding carboxylic acids is 2. The molecule has 0 bridgehead atoms. The standard InChI is InChI=1S/C20H29N3O3/c1-14-11-15(2)19(16(3)12-14)21-18(24)13-22-6-8-23(9-7-22)20(25)17-5-4-10-26-17/h11-12,17H,4-10,13H2,1-3H3,(H,21,24)/t17-/m1/s1. The van der Waals surface area contributed by atoms with Gasteiger partial charge in [0.2, 0.25) is 5.91 Å². The summed E-state index contributed by atoms with van der Waals surface area (Å²) in [7, 11) is 0. The molecular formula is C20H29N3O3. The number of anilines is 1. The van der Waals surface area contributed by atoms with Crippen molar-refractivity contribution in [3.05, 3.63) is 28.8 Å². The minimum Gasteiger partial charge on any atom is -0.368 e. The second kappa shape index (κ2) is 8.18. The van der Waals surface area contributed by atoms with Gasteiger partial charge in [0, 0.05) is 38.5 Å². The van der Waals surface area contributed by atoms with Gasteiger partial charge in [0.25, 0.3) is 5.91 Å². The van der Waals surface area contributed by atoms with Crippen LogP contribution in [0.15, 0.2) is 12.1 Å². The second-order valence-electron chi connectivity index (χ2n) is 7.42. The van der Waals surface area contributed by atoms with Crippen LogP contribution in [0.1, 0.15) is 29.5 Å². The summed E-state index contributed by atoms with van der Waals surface area (Å²) >= 11 is 0. The monoisotopic (exact) mass is 359 g/mol. The molecule has 0 aliphatic carbocycles. The van der Waals surface area contributed by atoms with Gasteiger partial charge in [0.1, 0.15) is 6.10 Å². The van der Waals surface area contributed by atoms with Gasteiger partial charge < -0.3 is 15.0 Å². The van der Waals surface area contributed by atoms with Gasteiger partial charge in [0.05, 0.1) is 6.54 Å². The number of carbonyl (C=O) groups is 2. The molecule has 2 heterocycles. The van der Waals surface area contributed by atoms with Crippen LogP contribution in [0.2, 0.25) is 0 Å². The fourth-order valence-electron chi connectivity index (χ4n) is 3.86. The molecule has 2 saturated heterocycles. The third kappa shape index (κ3) is 4.43. The maximum absolute atomic E-state index is 12.4. The van der Waals surface area contributed by atoms with Crippen LogP contribution in [0.5, 0.6) is 0 Å². The molecule has 1 N–H and O–H groups in total. The predicted molar refractivity (Wildman–Crippen MR) is 101 cm³/mol. The topological polar surface area (TPSA) is 61.9 Å². The molecular weight excluding hydrogens is 330 g/mol. The number of ether oxygens (including phenoxy) is 1. The Balaban J connectivity index is 1.48. The molecule has 6 heteroatoms. The van der Waals surface area contributed by atoms with Crippen molar-refractivity contribution >= 4 is 17.5 Å². The van der Waals surface area contributed by atoms with Gasteiger partial charge in [-0.25, -0.2) is 0 Å². The van der Waals surface area contributed by atoms with E-state index in [4.69, 9.17) is 4.74 Å². The first-order valence-electron chi connectivity index (χ1n) is 9.44. The van der Waals surface area contributed by atoms with Crippen LogP contribution >= 0.6 is 0 Å². The lowest BCUT2D eigenvalue weighted by Gasteiger charge is -2.35. The molecule has 0 spiro atoms. The molecule has 2 amide bonds. The highest BCUT2D eigenvalue weighted by atomic mass is 16.5. The smallest absolute Gasteiger partial charge is 0.251 e. The van der Waals surface area contributed by atoms with Crippen LogP contribution in [0.3, 0.4) is 0 Å². The summed E-state index contributed by atoms with van der Waals surface area (Å²) in [5, 5.41) is 3.05. The van der Waals surface area contributed by atoms with E-state index < -0.39 is 0 Å². The number of hydrogen-bond donors (Lipinski definition) is 1. The molecule has 0 aromatic heterocycles. The zero-order valence-corrected chi connectivity index (χ0v) is 16.0. The predicted octanol–water partition coefficient (Wildman–Crippen LogP) is 1.87. The Morgan fingerprint density at radius 1 is 1.12 bits per heavy atom. The summed E-state index contributed by atoms with van der Waals surface area (Å²) in [6.45, 7) is 9.90. The van der Waals surface area contributed by atoms with Crippen LogP contribution < -0.4 is 5.32 Å². The largest absolute Gasteiger partial charge is 0.368 e. The highest BCUT2D eigenvalue weighted by Crippen LogP contribution is 2.22. The molecule has 1 atom stereocenters. The van der Waals surface area contributed by atoms with Crippen LogP contribution in [0.25, 0.3) is 0 Å². The molecule has 0 radical (unpaired) electrons. The number of amides is 2. The Labute approximate surface area is 155 Å². The molecule has 1 aromatic rings. The van der Waals surface area contributed by atoms with Crippen molar-refractivity contribution < 1.29 is 14.3 Å². The van der Waals surface area contributed by atoms with E-state index in [0.29, 0.717) is 26.2 Å². The summed E-state index contributed by atoms with van der Waals surface area (Å²) in [4.78, 5) is 28.8. The fourth-order valence-corrected chi connectivity index (χ4v) is 3.86. The van der Waals surface area contributed by atoms with E-state index in [0.717, 1.165) is 42.7 Å². The van der Waals surface area contributed by atoms with Gasteiger partial charge in [-0.15, -0.1) is 0 Å².